The van der Waals surface area contributed by atoms with Gasteiger partial charge in [-0.1, -0.05) is 6.07 Å². The summed E-state index contributed by atoms with van der Waals surface area (Å²) in [4.78, 5) is 20.4. The molecule has 2 aromatic rings. The predicted octanol–water partition coefficient (Wildman–Crippen LogP) is 2.51. The highest BCUT2D eigenvalue weighted by molar-refractivity contribution is 5.85. The number of halogens is 1. The smallest absolute Gasteiger partial charge is 0.337 e. The van der Waals surface area contributed by atoms with E-state index in [9.17, 15) is 9.18 Å². The summed E-state index contributed by atoms with van der Waals surface area (Å²) in [5.74, 6) is -0.903. The Labute approximate surface area is 122 Å². The van der Waals surface area contributed by atoms with Gasteiger partial charge in [-0.2, -0.15) is 0 Å². The molecule has 0 saturated carbocycles. The minimum Gasteiger partial charge on any atom is -0.464 e. The Hall–Kier alpha value is -2.50. The molecule has 0 radical (unpaired) electrons. The molecule has 5 nitrogen and oxygen atoms in total. The van der Waals surface area contributed by atoms with Gasteiger partial charge >= 0.3 is 5.97 Å². The third-order valence-electron chi connectivity index (χ3n) is 2.98. The highest BCUT2D eigenvalue weighted by Gasteiger charge is 2.38. The zero-order valence-electron chi connectivity index (χ0n) is 11.8. The van der Waals surface area contributed by atoms with Crippen LogP contribution in [-0.2, 0) is 15.1 Å². The van der Waals surface area contributed by atoms with Crippen LogP contribution in [0.3, 0.4) is 0 Å². The fourth-order valence-electron chi connectivity index (χ4n) is 1.91. The fourth-order valence-corrected chi connectivity index (χ4v) is 1.91. The quantitative estimate of drug-likeness (QED) is 0.857. The highest BCUT2D eigenvalue weighted by atomic mass is 19.1. The van der Waals surface area contributed by atoms with Crippen molar-refractivity contribution in [3.8, 4) is 0 Å². The lowest BCUT2D eigenvalue weighted by Gasteiger charge is -2.28. The molecule has 21 heavy (non-hydrogen) atoms. The average Bonchev–Trinajstić information content (AvgIpc) is 2.48. The van der Waals surface area contributed by atoms with E-state index in [1.165, 1.54) is 30.7 Å². The molecule has 1 atom stereocenters. The molecule has 1 unspecified atom stereocenters. The number of carbonyl (C=O) groups is 1. The van der Waals surface area contributed by atoms with Gasteiger partial charge in [0.25, 0.3) is 0 Å². The molecule has 0 aliphatic rings. The first-order valence-corrected chi connectivity index (χ1v) is 6.53. The summed E-state index contributed by atoms with van der Waals surface area (Å²) in [6.45, 7) is 3.58. The van der Waals surface area contributed by atoms with Crippen molar-refractivity contribution in [3.63, 3.8) is 0 Å². The topological polar surface area (TPSA) is 64.1 Å². The van der Waals surface area contributed by atoms with E-state index >= 15 is 0 Å². The van der Waals surface area contributed by atoms with Gasteiger partial charge in [0, 0.05) is 18.1 Å². The maximum atomic E-state index is 13.3. The van der Waals surface area contributed by atoms with Crippen LogP contribution >= 0.6 is 0 Å². The van der Waals surface area contributed by atoms with Crippen LogP contribution in [0, 0.1) is 5.82 Å². The van der Waals surface area contributed by atoms with Crippen molar-refractivity contribution >= 4 is 11.7 Å². The maximum Gasteiger partial charge on any atom is 0.337 e. The van der Waals surface area contributed by atoms with Gasteiger partial charge < -0.3 is 10.1 Å². The van der Waals surface area contributed by atoms with Crippen molar-refractivity contribution in [3.05, 3.63) is 54.4 Å². The Morgan fingerprint density at radius 3 is 2.86 bits per heavy atom. The van der Waals surface area contributed by atoms with Crippen molar-refractivity contribution < 1.29 is 13.9 Å². The number of carbonyl (C=O) groups excluding carboxylic acids is 1. The van der Waals surface area contributed by atoms with Gasteiger partial charge in [-0.3, -0.25) is 9.97 Å². The first-order chi connectivity index (χ1) is 10.1. The number of rotatable bonds is 5. The molecule has 2 rings (SSSR count). The van der Waals surface area contributed by atoms with Crippen LogP contribution in [0.2, 0.25) is 0 Å². The predicted molar refractivity (Wildman–Crippen MR) is 76.0 cm³/mol. The standard InChI is InChI=1S/C15H16FN3O2/c1-3-21-14(20)15(2,13-10-17-7-8-18-13)19-12-6-4-5-11(16)9-12/h4-10,19H,3H2,1-2H3. The van der Waals surface area contributed by atoms with Crippen molar-refractivity contribution in [1.29, 1.82) is 0 Å². The lowest BCUT2D eigenvalue weighted by Crippen LogP contribution is -2.42. The largest absolute Gasteiger partial charge is 0.464 e. The van der Waals surface area contributed by atoms with Gasteiger partial charge in [-0.15, -0.1) is 0 Å². The summed E-state index contributed by atoms with van der Waals surface area (Å²) in [6, 6.07) is 5.85. The van der Waals surface area contributed by atoms with E-state index in [1.807, 2.05) is 0 Å². The van der Waals surface area contributed by atoms with Gasteiger partial charge in [-0.05, 0) is 32.0 Å². The summed E-state index contributed by atoms with van der Waals surface area (Å²) in [6.07, 6.45) is 4.47. The second-order valence-electron chi connectivity index (χ2n) is 4.57. The number of anilines is 1. The second kappa shape index (κ2) is 6.30. The lowest BCUT2D eigenvalue weighted by atomic mass is 9.97. The molecular formula is C15H16FN3O2. The van der Waals surface area contributed by atoms with Crippen LogP contribution in [0.5, 0.6) is 0 Å². The van der Waals surface area contributed by atoms with Crippen molar-refractivity contribution in [2.45, 2.75) is 19.4 Å². The minimum atomic E-state index is -1.25. The fraction of sp³-hybridized carbons (Fsp3) is 0.267. The van der Waals surface area contributed by atoms with Gasteiger partial charge in [-0.25, -0.2) is 9.18 Å². The Kier molecular flexibility index (Phi) is 4.47. The highest BCUT2D eigenvalue weighted by Crippen LogP contribution is 2.26. The molecule has 0 bridgehead atoms. The number of nitrogens with zero attached hydrogens (tertiary/aromatic N) is 2. The molecule has 0 spiro atoms. The molecular weight excluding hydrogens is 273 g/mol. The van der Waals surface area contributed by atoms with Crippen LogP contribution < -0.4 is 5.32 Å². The summed E-state index contributed by atoms with van der Waals surface area (Å²) in [5, 5.41) is 2.98. The maximum absolute atomic E-state index is 13.3. The molecule has 0 saturated heterocycles. The normalized spacial score (nSPS) is 13.3. The lowest BCUT2D eigenvalue weighted by molar-refractivity contribution is -0.148. The van der Waals surface area contributed by atoms with E-state index in [0.717, 1.165) is 0 Å². The number of hydrogen-bond donors (Lipinski definition) is 1. The first kappa shape index (κ1) is 14.9. The van der Waals surface area contributed by atoms with Crippen LogP contribution in [-0.4, -0.2) is 22.5 Å². The van der Waals surface area contributed by atoms with E-state index in [2.05, 4.69) is 15.3 Å². The Morgan fingerprint density at radius 2 is 2.24 bits per heavy atom. The summed E-state index contributed by atoms with van der Waals surface area (Å²) in [5.41, 5.74) is -0.401. The summed E-state index contributed by atoms with van der Waals surface area (Å²) < 4.78 is 18.4. The molecule has 1 aromatic carbocycles. The Morgan fingerprint density at radius 1 is 1.43 bits per heavy atom. The van der Waals surface area contributed by atoms with Crippen molar-refractivity contribution in [2.24, 2.45) is 0 Å². The monoisotopic (exact) mass is 289 g/mol. The third kappa shape index (κ3) is 3.34. The number of hydrogen-bond acceptors (Lipinski definition) is 5. The molecule has 0 aliphatic heterocycles. The van der Waals surface area contributed by atoms with Gasteiger partial charge in [0.2, 0.25) is 0 Å². The molecule has 0 aliphatic carbocycles. The average molecular weight is 289 g/mol. The summed E-state index contributed by atoms with van der Waals surface area (Å²) >= 11 is 0. The zero-order valence-corrected chi connectivity index (χ0v) is 11.8. The molecule has 1 aromatic heterocycles. The van der Waals surface area contributed by atoms with E-state index in [1.54, 1.807) is 26.0 Å². The van der Waals surface area contributed by atoms with Crippen LogP contribution in [0.25, 0.3) is 0 Å². The van der Waals surface area contributed by atoms with Gasteiger partial charge in [0.15, 0.2) is 5.54 Å². The van der Waals surface area contributed by atoms with Gasteiger partial charge in [0.1, 0.15) is 5.82 Å². The van der Waals surface area contributed by atoms with Gasteiger partial charge in [0.05, 0.1) is 18.5 Å². The molecule has 0 amide bonds. The molecule has 0 fully saturated rings. The van der Waals surface area contributed by atoms with E-state index in [0.29, 0.717) is 11.4 Å². The number of nitrogens with one attached hydrogen (secondary N) is 1. The molecule has 6 heteroatoms. The third-order valence-corrected chi connectivity index (χ3v) is 2.98. The Bertz CT molecular complexity index is 621. The van der Waals surface area contributed by atoms with Crippen LogP contribution in [0.15, 0.2) is 42.9 Å². The van der Waals surface area contributed by atoms with Crippen molar-refractivity contribution in [2.75, 3.05) is 11.9 Å². The second-order valence-corrected chi connectivity index (χ2v) is 4.57. The SMILES string of the molecule is CCOC(=O)C(C)(Nc1cccc(F)c1)c1cnccn1. The van der Waals surface area contributed by atoms with E-state index in [4.69, 9.17) is 4.74 Å². The zero-order chi connectivity index (χ0) is 15.3. The molecule has 1 heterocycles. The molecule has 1 N–H and O–H groups in total. The van der Waals surface area contributed by atoms with E-state index < -0.39 is 17.3 Å². The molecule has 110 valence electrons. The number of esters is 1. The van der Waals surface area contributed by atoms with Crippen molar-refractivity contribution in [1.82, 2.24) is 9.97 Å². The number of ether oxygens (including phenoxy) is 1. The number of aromatic nitrogens is 2. The Balaban J connectivity index is 2.39. The van der Waals surface area contributed by atoms with Crippen LogP contribution in [0.4, 0.5) is 10.1 Å². The minimum absolute atomic E-state index is 0.236. The number of benzene rings is 1. The summed E-state index contributed by atoms with van der Waals surface area (Å²) in [7, 11) is 0. The van der Waals surface area contributed by atoms with Crippen LogP contribution in [0.1, 0.15) is 19.5 Å². The van der Waals surface area contributed by atoms with E-state index in [-0.39, 0.29) is 6.61 Å². The first-order valence-electron chi connectivity index (χ1n) is 6.53.